The Kier molecular flexibility index (Phi) is 37.7. The molecule has 0 aliphatic rings. The van der Waals surface area contributed by atoms with Crippen molar-refractivity contribution in [1.82, 2.24) is 0 Å². The quantitative estimate of drug-likeness (QED) is 0.0479. The van der Waals surface area contributed by atoms with Crippen LogP contribution >= 0.6 is 11.6 Å². The summed E-state index contributed by atoms with van der Waals surface area (Å²) in [7, 11) is 0. The Balaban J connectivity index is 0. The summed E-state index contributed by atoms with van der Waals surface area (Å²) in [4.78, 5) is 117. The molecule has 70 heavy (non-hydrogen) atoms. The van der Waals surface area contributed by atoms with Crippen molar-refractivity contribution in [3.8, 4) is 0 Å². The second-order valence-corrected chi connectivity index (χ2v) is 12.5. The first kappa shape index (κ1) is 64.1. The molecule has 0 amide bonds. The van der Waals surface area contributed by atoms with Crippen molar-refractivity contribution in [3.63, 3.8) is 0 Å². The predicted octanol–water partition coefficient (Wildman–Crippen LogP) is 1.61. The lowest BCUT2D eigenvalue weighted by Gasteiger charge is -2.08. The van der Waals surface area contributed by atoms with Crippen LogP contribution in [0.15, 0.2) is 91.0 Å². The van der Waals surface area contributed by atoms with E-state index < -0.39 is 126 Å². The molecular formula is C44H51ClO25. The summed E-state index contributed by atoms with van der Waals surface area (Å²) >= 11 is 5.24. The minimum absolute atomic E-state index is 0. The van der Waals surface area contributed by atoms with Crippen molar-refractivity contribution < 1.29 is 121 Å². The average molecular weight is 1020 g/mol. The molecule has 3 aromatic rings. The number of carboxylic acids is 4. The highest BCUT2D eigenvalue weighted by Crippen LogP contribution is 2.03. The lowest BCUT2D eigenvalue weighted by Crippen LogP contribution is -2.23. The first-order valence-electron chi connectivity index (χ1n) is 19.3. The van der Waals surface area contributed by atoms with E-state index in [9.17, 15) is 52.7 Å². The van der Waals surface area contributed by atoms with Gasteiger partial charge in [-0.15, -0.1) is 11.6 Å². The molecule has 0 heterocycles. The molecular weight excluding hydrogens is 964 g/mol. The van der Waals surface area contributed by atoms with Crippen molar-refractivity contribution in [2.45, 2.75) is 27.2 Å². The van der Waals surface area contributed by atoms with Gasteiger partial charge in [-0.05, 0) is 16.7 Å². The molecule has 0 saturated carbocycles. The van der Waals surface area contributed by atoms with Crippen molar-refractivity contribution >= 4 is 77.3 Å². The normalized spacial score (nSPS) is 9.50. The number of alkyl halides is 1. The van der Waals surface area contributed by atoms with Crippen LogP contribution in [0.1, 0.15) is 24.1 Å². The van der Waals surface area contributed by atoms with Gasteiger partial charge in [0.25, 0.3) is 0 Å². The van der Waals surface area contributed by atoms with Crippen molar-refractivity contribution in [3.05, 3.63) is 108 Å². The van der Waals surface area contributed by atoms with Crippen molar-refractivity contribution in [2.24, 2.45) is 0 Å². The van der Waals surface area contributed by atoms with Crippen LogP contribution in [0.3, 0.4) is 0 Å². The Labute approximate surface area is 403 Å². The summed E-state index contributed by atoms with van der Waals surface area (Å²) in [5.74, 6) is -10.5. The number of rotatable bonds is 27. The Hall–Kier alpha value is -8.00. The van der Waals surface area contributed by atoms with Gasteiger partial charge >= 0.3 is 65.7 Å². The molecule has 25 nitrogen and oxygen atoms in total. The molecule has 26 heteroatoms. The molecule has 0 fully saturated rings. The predicted molar refractivity (Wildman–Crippen MR) is 233 cm³/mol. The maximum Gasteiger partial charge on any atom is 0.344 e. The van der Waals surface area contributed by atoms with Crippen LogP contribution in [0.5, 0.6) is 0 Å². The van der Waals surface area contributed by atoms with Crippen LogP contribution in [0.25, 0.3) is 0 Å². The van der Waals surface area contributed by atoms with Gasteiger partial charge in [-0.1, -0.05) is 98.4 Å². The summed E-state index contributed by atoms with van der Waals surface area (Å²) in [6, 6.07) is 27.5. The summed E-state index contributed by atoms with van der Waals surface area (Å²) in [5, 5.41) is 32.1. The van der Waals surface area contributed by atoms with E-state index in [1.807, 2.05) is 42.5 Å². The number of hydrogen-bond acceptors (Lipinski definition) is 21. The van der Waals surface area contributed by atoms with E-state index in [4.69, 9.17) is 51.0 Å². The maximum absolute atomic E-state index is 11.5. The zero-order valence-corrected chi connectivity index (χ0v) is 37.1. The van der Waals surface area contributed by atoms with Crippen LogP contribution in [-0.4, -0.2) is 158 Å². The fraction of sp³-hybridized carbons (Fsp3) is 0.341. The van der Waals surface area contributed by atoms with E-state index in [0.717, 1.165) is 16.7 Å². The lowest BCUT2D eigenvalue weighted by molar-refractivity contribution is -0.166. The number of ether oxygens (including phenoxy) is 10. The molecule has 384 valence electrons. The van der Waals surface area contributed by atoms with Gasteiger partial charge in [-0.2, -0.15) is 0 Å². The highest BCUT2D eigenvalue weighted by atomic mass is 35.5. The van der Waals surface area contributed by atoms with E-state index in [2.05, 4.69) is 28.4 Å². The Morgan fingerprint density at radius 3 is 0.800 bits per heavy atom. The number of carbonyl (C=O) groups excluding carboxylic acids is 7. The van der Waals surface area contributed by atoms with Crippen molar-refractivity contribution in [1.29, 1.82) is 0 Å². The third kappa shape index (κ3) is 41.4. The van der Waals surface area contributed by atoms with Gasteiger partial charge in [0.15, 0.2) is 26.4 Å². The minimum atomic E-state index is -1.32. The third-order valence-electron chi connectivity index (χ3n) is 6.58. The van der Waals surface area contributed by atoms with Crippen LogP contribution in [0.2, 0.25) is 0 Å². The van der Waals surface area contributed by atoms with Crippen LogP contribution < -0.4 is 0 Å². The van der Waals surface area contributed by atoms with Crippen molar-refractivity contribution in [2.75, 3.05) is 71.9 Å². The highest BCUT2D eigenvalue weighted by Gasteiger charge is 2.14. The fourth-order valence-electron chi connectivity index (χ4n) is 3.73. The molecule has 0 atom stereocenters. The van der Waals surface area contributed by atoms with Gasteiger partial charge in [-0.25, -0.2) is 47.9 Å². The molecule has 0 saturated heterocycles. The van der Waals surface area contributed by atoms with Gasteiger partial charge in [0.1, 0.15) is 65.3 Å². The molecule has 0 spiro atoms. The van der Waals surface area contributed by atoms with Gasteiger partial charge in [0.05, 0.1) is 0 Å². The number of halogens is 1. The van der Waals surface area contributed by atoms with E-state index in [1.54, 1.807) is 48.5 Å². The van der Waals surface area contributed by atoms with Crippen LogP contribution in [0.4, 0.5) is 0 Å². The Morgan fingerprint density at radius 1 is 0.314 bits per heavy atom. The summed E-state index contributed by atoms with van der Waals surface area (Å²) in [5.41, 5.74) is 2.57. The standard InChI is InChI=1S/C22H22O9.C9H9ClO2.C8H10O9.C4H6O5.CH4/c23-19(30-15-21(25)28-11-17-7-3-1-4-8-17)13-27-14-20(24)31-16-22(26)29-12-18-9-5-2-6-10-18;10-6-9(11)12-7-8-4-2-1-3-5-8;9-5(10)1-16-7(13)3-15-4-8(14)17-2-6(11)12;5-3(6)1-9-2-4(7)8;/h1-10H,11-16H2;1-5H,6-7H2;1-4H2,(H,9,10)(H,11,12);1-2H2,(H,5,6)(H,7,8);1H4. The van der Waals surface area contributed by atoms with E-state index in [-0.39, 0.29) is 32.5 Å². The Morgan fingerprint density at radius 2 is 0.543 bits per heavy atom. The highest BCUT2D eigenvalue weighted by molar-refractivity contribution is 6.26. The van der Waals surface area contributed by atoms with E-state index in [1.165, 1.54) is 0 Å². The smallest absolute Gasteiger partial charge is 0.344 e. The van der Waals surface area contributed by atoms with E-state index >= 15 is 0 Å². The van der Waals surface area contributed by atoms with Gasteiger partial charge < -0.3 is 67.8 Å². The molecule has 0 unspecified atom stereocenters. The third-order valence-corrected chi connectivity index (χ3v) is 6.80. The number of hydrogen-bond donors (Lipinski definition) is 4. The largest absolute Gasteiger partial charge is 0.480 e. The average Bonchev–Trinajstić information content (AvgIpc) is 3.33. The SMILES string of the molecule is C.O=C(CCl)OCc1ccccc1.O=C(COCC(=O)OCC(=O)OCc1ccccc1)OCC(=O)OCc1ccccc1.O=C(O)COC(=O)COCC(=O)OCC(=O)O.O=C(O)COCC(=O)O. The number of aliphatic carboxylic acids is 4. The zero-order valence-electron chi connectivity index (χ0n) is 36.3. The molecule has 3 rings (SSSR count). The Bertz CT molecular complexity index is 1930. The second kappa shape index (κ2) is 41.2. The van der Waals surface area contributed by atoms with Crippen LogP contribution in [0, 0.1) is 0 Å². The van der Waals surface area contributed by atoms with Gasteiger partial charge in [0, 0.05) is 0 Å². The van der Waals surface area contributed by atoms with Gasteiger partial charge in [-0.3, -0.25) is 4.79 Å². The van der Waals surface area contributed by atoms with Crippen LogP contribution in [-0.2, 0) is 120 Å². The number of carbonyl (C=O) groups is 11. The topological polar surface area (TPSA) is 361 Å². The summed E-state index contributed by atoms with van der Waals surface area (Å²) in [6.07, 6.45) is 0. The monoisotopic (exact) mass is 1010 g/mol. The number of carboxylic acid groups (broad SMARTS) is 4. The molecule has 0 aliphatic heterocycles. The fourth-order valence-corrected chi connectivity index (χ4v) is 3.80. The summed E-state index contributed by atoms with van der Waals surface area (Å²) in [6.45, 7) is -5.85. The van der Waals surface area contributed by atoms with E-state index in [0.29, 0.717) is 6.61 Å². The molecule has 0 radical (unpaired) electrons. The first-order chi connectivity index (χ1) is 32.9. The molecule has 3 aromatic carbocycles. The number of benzene rings is 3. The molecule has 0 aliphatic carbocycles. The van der Waals surface area contributed by atoms with Gasteiger partial charge in [0.2, 0.25) is 0 Å². The summed E-state index contributed by atoms with van der Waals surface area (Å²) < 4.78 is 45.9. The molecule has 0 bridgehead atoms. The first-order valence-corrected chi connectivity index (χ1v) is 19.8. The minimum Gasteiger partial charge on any atom is -0.480 e. The second-order valence-electron chi connectivity index (χ2n) is 12.3. The number of esters is 7. The maximum atomic E-state index is 11.5. The molecule has 0 aromatic heterocycles. The lowest BCUT2D eigenvalue weighted by atomic mass is 10.2. The zero-order chi connectivity index (χ0) is 51.7. The molecule has 4 N–H and O–H groups in total.